The van der Waals surface area contributed by atoms with Crippen molar-refractivity contribution in [1.29, 1.82) is 0 Å². The number of ether oxygens (including phenoxy) is 3. The second kappa shape index (κ2) is 50.0. The Labute approximate surface area is 378 Å². The first-order valence-corrected chi connectivity index (χ1v) is 26.1. The summed E-state index contributed by atoms with van der Waals surface area (Å²) in [7, 11) is 0. The molecule has 0 amide bonds. The standard InChI is InChI=1S/C55H98O6/c1-4-7-10-13-16-18-20-22-24-25-26-27-28-29-31-32-34-36-39-42-45-48-54(57)60-51-52(50-59-53(56)47-44-41-38-15-12-9-6-3)61-55(58)49-46-43-40-37-35-33-30-23-21-19-17-14-11-8-5-2/h17,19-20,22-23,25-26,30,52H,4-16,18,21,24,27-29,31-51H2,1-3H3/b19-17-,22-20-,26-25-,30-23-. The first-order valence-electron chi connectivity index (χ1n) is 26.1. The molecule has 0 bridgehead atoms. The van der Waals surface area contributed by atoms with Gasteiger partial charge in [-0.2, -0.15) is 0 Å². The SMILES string of the molecule is CCCCC/C=C\C/C=C\CCCCCCCC(=O)OC(COC(=O)CCCCCCCCC)COC(=O)CCCCCCCCCCC/C=C\C/C=C\CCCCCCC. The fourth-order valence-corrected chi connectivity index (χ4v) is 7.33. The molecule has 1 unspecified atom stereocenters. The molecule has 0 aromatic heterocycles. The van der Waals surface area contributed by atoms with Gasteiger partial charge in [0.25, 0.3) is 0 Å². The largest absolute Gasteiger partial charge is 0.462 e. The highest BCUT2D eigenvalue weighted by atomic mass is 16.6. The quantitative estimate of drug-likeness (QED) is 0.0263. The summed E-state index contributed by atoms with van der Waals surface area (Å²) in [5.41, 5.74) is 0. The van der Waals surface area contributed by atoms with Crippen molar-refractivity contribution in [3.63, 3.8) is 0 Å². The Kier molecular flexibility index (Phi) is 47.9. The molecule has 0 spiro atoms. The number of hydrogen-bond donors (Lipinski definition) is 0. The van der Waals surface area contributed by atoms with Gasteiger partial charge in [0.15, 0.2) is 6.10 Å². The van der Waals surface area contributed by atoms with Crippen molar-refractivity contribution in [2.24, 2.45) is 0 Å². The van der Waals surface area contributed by atoms with Crippen LogP contribution in [0.15, 0.2) is 48.6 Å². The van der Waals surface area contributed by atoms with Gasteiger partial charge in [-0.25, -0.2) is 0 Å². The molecular formula is C55H98O6. The molecule has 0 heterocycles. The van der Waals surface area contributed by atoms with Gasteiger partial charge in [0, 0.05) is 19.3 Å². The van der Waals surface area contributed by atoms with Crippen molar-refractivity contribution >= 4 is 17.9 Å². The van der Waals surface area contributed by atoms with Gasteiger partial charge >= 0.3 is 17.9 Å². The lowest BCUT2D eigenvalue weighted by Crippen LogP contribution is -2.30. The van der Waals surface area contributed by atoms with Crippen LogP contribution in [0.1, 0.15) is 265 Å². The van der Waals surface area contributed by atoms with E-state index in [0.717, 1.165) is 89.9 Å². The first kappa shape index (κ1) is 58.4. The number of hydrogen-bond acceptors (Lipinski definition) is 6. The van der Waals surface area contributed by atoms with Crippen LogP contribution < -0.4 is 0 Å². The molecule has 0 saturated heterocycles. The Morgan fingerprint density at radius 3 is 0.934 bits per heavy atom. The van der Waals surface area contributed by atoms with Gasteiger partial charge in [-0.1, -0.05) is 211 Å². The van der Waals surface area contributed by atoms with Gasteiger partial charge in [0.05, 0.1) is 0 Å². The fourth-order valence-electron chi connectivity index (χ4n) is 7.33. The van der Waals surface area contributed by atoms with Gasteiger partial charge in [0.2, 0.25) is 0 Å². The lowest BCUT2D eigenvalue weighted by molar-refractivity contribution is -0.167. The highest BCUT2D eigenvalue weighted by molar-refractivity contribution is 5.71. The topological polar surface area (TPSA) is 78.9 Å². The summed E-state index contributed by atoms with van der Waals surface area (Å²) in [5, 5.41) is 0. The minimum atomic E-state index is -0.777. The van der Waals surface area contributed by atoms with E-state index in [9.17, 15) is 14.4 Å². The van der Waals surface area contributed by atoms with E-state index in [1.165, 1.54) is 135 Å². The maximum Gasteiger partial charge on any atom is 0.306 e. The third-order valence-corrected chi connectivity index (χ3v) is 11.3. The molecule has 0 aromatic carbocycles. The van der Waals surface area contributed by atoms with Crippen LogP contribution in [-0.2, 0) is 28.6 Å². The molecule has 0 aromatic rings. The summed E-state index contributed by atoms with van der Waals surface area (Å²) < 4.78 is 16.7. The number of esters is 3. The van der Waals surface area contributed by atoms with Crippen LogP contribution in [0.3, 0.4) is 0 Å². The van der Waals surface area contributed by atoms with Gasteiger partial charge in [-0.05, 0) is 83.5 Å². The smallest absolute Gasteiger partial charge is 0.306 e. The van der Waals surface area contributed by atoms with E-state index in [0.29, 0.717) is 19.3 Å². The van der Waals surface area contributed by atoms with E-state index in [2.05, 4.69) is 69.4 Å². The van der Waals surface area contributed by atoms with Crippen molar-refractivity contribution in [2.75, 3.05) is 13.2 Å². The maximum atomic E-state index is 12.7. The minimum absolute atomic E-state index is 0.0792. The highest BCUT2D eigenvalue weighted by Gasteiger charge is 2.19. The van der Waals surface area contributed by atoms with Crippen molar-refractivity contribution in [2.45, 2.75) is 271 Å². The van der Waals surface area contributed by atoms with Gasteiger partial charge in [0.1, 0.15) is 13.2 Å². The normalized spacial score (nSPS) is 12.4. The maximum absolute atomic E-state index is 12.7. The number of carbonyl (C=O) groups excluding carboxylic acids is 3. The Bertz CT molecular complexity index is 1070. The number of carbonyl (C=O) groups is 3. The van der Waals surface area contributed by atoms with Crippen LogP contribution in [0.2, 0.25) is 0 Å². The summed E-state index contributed by atoms with van der Waals surface area (Å²) in [6.07, 6.45) is 59.7. The Morgan fingerprint density at radius 2 is 0.590 bits per heavy atom. The molecule has 0 fully saturated rings. The molecule has 0 rings (SSSR count). The zero-order chi connectivity index (χ0) is 44.4. The lowest BCUT2D eigenvalue weighted by atomic mass is 10.1. The predicted molar refractivity (Wildman–Crippen MR) is 261 cm³/mol. The highest BCUT2D eigenvalue weighted by Crippen LogP contribution is 2.14. The zero-order valence-corrected chi connectivity index (χ0v) is 40.4. The van der Waals surface area contributed by atoms with Crippen molar-refractivity contribution < 1.29 is 28.6 Å². The minimum Gasteiger partial charge on any atom is -0.462 e. The summed E-state index contributed by atoms with van der Waals surface area (Å²) in [6, 6.07) is 0. The van der Waals surface area contributed by atoms with E-state index in [1.807, 2.05) is 0 Å². The fraction of sp³-hybridized carbons (Fsp3) is 0.800. The van der Waals surface area contributed by atoms with E-state index >= 15 is 0 Å². The molecule has 0 aliphatic rings. The molecule has 0 N–H and O–H groups in total. The van der Waals surface area contributed by atoms with E-state index < -0.39 is 6.10 Å². The molecule has 354 valence electrons. The Morgan fingerprint density at radius 1 is 0.328 bits per heavy atom. The first-order chi connectivity index (χ1) is 30.0. The second-order valence-corrected chi connectivity index (χ2v) is 17.4. The molecular weight excluding hydrogens is 757 g/mol. The zero-order valence-electron chi connectivity index (χ0n) is 40.4. The van der Waals surface area contributed by atoms with Crippen molar-refractivity contribution in [3.8, 4) is 0 Å². The molecule has 0 radical (unpaired) electrons. The number of unbranched alkanes of at least 4 members (excludes halogenated alkanes) is 28. The lowest BCUT2D eigenvalue weighted by Gasteiger charge is -2.18. The number of allylic oxidation sites excluding steroid dienone is 8. The molecule has 61 heavy (non-hydrogen) atoms. The van der Waals surface area contributed by atoms with Gasteiger partial charge in [-0.15, -0.1) is 0 Å². The van der Waals surface area contributed by atoms with Crippen LogP contribution >= 0.6 is 0 Å². The number of rotatable bonds is 47. The Hall–Kier alpha value is -2.63. The third-order valence-electron chi connectivity index (χ3n) is 11.3. The van der Waals surface area contributed by atoms with E-state index in [4.69, 9.17) is 14.2 Å². The molecule has 1 atom stereocenters. The predicted octanol–water partition coefficient (Wildman–Crippen LogP) is 17.1. The molecule has 0 aliphatic carbocycles. The van der Waals surface area contributed by atoms with Crippen LogP contribution in [-0.4, -0.2) is 37.2 Å². The van der Waals surface area contributed by atoms with Crippen molar-refractivity contribution in [3.05, 3.63) is 48.6 Å². The summed E-state index contributed by atoms with van der Waals surface area (Å²) in [5.74, 6) is -0.898. The van der Waals surface area contributed by atoms with Crippen LogP contribution in [0.4, 0.5) is 0 Å². The average Bonchev–Trinajstić information content (AvgIpc) is 3.26. The summed E-state index contributed by atoms with van der Waals surface area (Å²) in [6.45, 7) is 6.55. The van der Waals surface area contributed by atoms with E-state index in [-0.39, 0.29) is 31.1 Å². The van der Waals surface area contributed by atoms with Crippen LogP contribution in [0.25, 0.3) is 0 Å². The summed E-state index contributed by atoms with van der Waals surface area (Å²) >= 11 is 0. The van der Waals surface area contributed by atoms with Gasteiger partial charge in [-0.3, -0.25) is 14.4 Å². The molecule has 6 nitrogen and oxygen atoms in total. The Balaban J connectivity index is 4.24. The van der Waals surface area contributed by atoms with Crippen LogP contribution in [0.5, 0.6) is 0 Å². The monoisotopic (exact) mass is 855 g/mol. The third kappa shape index (κ3) is 48.3. The molecule has 0 aliphatic heterocycles. The van der Waals surface area contributed by atoms with Crippen LogP contribution in [0, 0.1) is 0 Å². The van der Waals surface area contributed by atoms with Crippen molar-refractivity contribution in [1.82, 2.24) is 0 Å². The van der Waals surface area contributed by atoms with E-state index in [1.54, 1.807) is 0 Å². The molecule has 6 heteroatoms. The average molecular weight is 855 g/mol. The summed E-state index contributed by atoms with van der Waals surface area (Å²) in [4.78, 5) is 37.8. The second-order valence-electron chi connectivity index (χ2n) is 17.4. The van der Waals surface area contributed by atoms with Gasteiger partial charge < -0.3 is 14.2 Å². The molecule has 0 saturated carbocycles.